The van der Waals surface area contributed by atoms with Crippen LogP contribution in [0.5, 0.6) is 11.5 Å². The molecule has 2 unspecified atom stereocenters. The number of aromatic nitrogens is 1. The lowest BCUT2D eigenvalue weighted by Gasteiger charge is -2.35. The van der Waals surface area contributed by atoms with Crippen molar-refractivity contribution < 1.29 is 28.9 Å². The van der Waals surface area contributed by atoms with Gasteiger partial charge in [-0.25, -0.2) is 4.79 Å². The number of fused-ring (bicyclic) bond motifs is 2. The van der Waals surface area contributed by atoms with E-state index in [1.165, 1.54) is 29.8 Å². The summed E-state index contributed by atoms with van der Waals surface area (Å²) >= 11 is 0. The summed E-state index contributed by atoms with van der Waals surface area (Å²) in [5, 5.41) is 12.1. The van der Waals surface area contributed by atoms with E-state index in [4.69, 9.17) is 19.2 Å². The van der Waals surface area contributed by atoms with Gasteiger partial charge in [-0.15, -0.1) is 0 Å². The van der Waals surface area contributed by atoms with Gasteiger partial charge in [-0.2, -0.15) is 0 Å². The van der Waals surface area contributed by atoms with Crippen molar-refractivity contribution in [1.29, 1.82) is 0 Å². The van der Waals surface area contributed by atoms with Crippen LogP contribution in [-0.4, -0.2) is 53.4 Å². The second-order valence-electron chi connectivity index (χ2n) is 10.0. The Labute approximate surface area is 211 Å². The molecule has 2 atom stereocenters. The fourth-order valence-electron chi connectivity index (χ4n) is 5.19. The fourth-order valence-corrected chi connectivity index (χ4v) is 5.19. The smallest absolute Gasteiger partial charge is 0.326 e. The van der Waals surface area contributed by atoms with Gasteiger partial charge in [0.25, 0.3) is 5.91 Å². The molecule has 1 aliphatic heterocycles. The minimum Gasteiger partial charge on any atom is -0.485 e. The van der Waals surface area contributed by atoms with Crippen LogP contribution >= 0.6 is 0 Å². The highest BCUT2D eigenvalue weighted by Crippen LogP contribution is 2.34. The molecule has 1 aromatic carbocycles. The van der Waals surface area contributed by atoms with E-state index >= 15 is 0 Å². The van der Waals surface area contributed by atoms with Crippen molar-refractivity contribution in [3.63, 3.8) is 0 Å². The molecule has 2 aromatic rings. The summed E-state index contributed by atoms with van der Waals surface area (Å²) < 4.78 is 17.1. The molecule has 2 aliphatic carbocycles. The zero-order valence-corrected chi connectivity index (χ0v) is 20.5. The van der Waals surface area contributed by atoms with E-state index in [1.807, 2.05) is 6.07 Å². The number of carbonyl (C=O) groups excluding carboxylic acids is 1. The highest BCUT2D eigenvalue weighted by Gasteiger charge is 2.32. The van der Waals surface area contributed by atoms with E-state index < -0.39 is 24.0 Å². The number of nitrogens with zero attached hydrogens (tertiary/aromatic N) is 1. The Hall–Kier alpha value is -3.13. The topological polar surface area (TPSA) is 107 Å². The Morgan fingerprint density at radius 2 is 1.92 bits per heavy atom. The van der Waals surface area contributed by atoms with Gasteiger partial charge in [0.15, 0.2) is 11.5 Å². The van der Waals surface area contributed by atoms with E-state index in [-0.39, 0.29) is 25.7 Å². The van der Waals surface area contributed by atoms with Crippen LogP contribution in [0.15, 0.2) is 36.4 Å². The van der Waals surface area contributed by atoms with Crippen molar-refractivity contribution in [2.24, 2.45) is 5.92 Å². The molecule has 192 valence electrons. The number of ether oxygens (including phenoxy) is 3. The average Bonchev–Trinajstić information content (AvgIpc) is 2.88. The SMILES string of the molecule is O=C(O)C(CCOC1CC(CCc2ccc3c(n2)CCCC3)C1)NC(=O)C1COc2ccccc2O1. The van der Waals surface area contributed by atoms with Gasteiger partial charge in [0.05, 0.1) is 6.10 Å². The lowest BCUT2D eigenvalue weighted by Crippen LogP contribution is -2.50. The third kappa shape index (κ3) is 5.98. The molecule has 8 heteroatoms. The van der Waals surface area contributed by atoms with Crippen LogP contribution in [0.2, 0.25) is 0 Å². The largest absolute Gasteiger partial charge is 0.485 e. The second-order valence-corrected chi connectivity index (χ2v) is 10.0. The molecule has 1 amide bonds. The molecular formula is C28H34N2O6. The average molecular weight is 495 g/mol. The van der Waals surface area contributed by atoms with E-state index in [2.05, 4.69) is 17.4 Å². The number of pyridine rings is 1. The van der Waals surface area contributed by atoms with E-state index in [1.54, 1.807) is 18.2 Å². The molecule has 0 radical (unpaired) electrons. The molecular weight excluding hydrogens is 460 g/mol. The number of hydrogen-bond donors (Lipinski definition) is 2. The maximum atomic E-state index is 12.6. The van der Waals surface area contributed by atoms with Gasteiger partial charge < -0.3 is 24.6 Å². The monoisotopic (exact) mass is 494 g/mol. The third-order valence-electron chi connectivity index (χ3n) is 7.41. The number of aryl methyl sites for hydroxylation is 3. The Morgan fingerprint density at radius 3 is 2.75 bits per heavy atom. The zero-order valence-electron chi connectivity index (χ0n) is 20.5. The third-order valence-corrected chi connectivity index (χ3v) is 7.41. The molecule has 2 heterocycles. The summed E-state index contributed by atoms with van der Waals surface area (Å²) in [6.45, 7) is 0.321. The maximum Gasteiger partial charge on any atom is 0.326 e. The van der Waals surface area contributed by atoms with E-state index in [0.717, 1.165) is 38.5 Å². The van der Waals surface area contributed by atoms with Crippen molar-refractivity contribution in [2.45, 2.75) is 76.0 Å². The van der Waals surface area contributed by atoms with Crippen molar-refractivity contribution in [3.05, 3.63) is 53.3 Å². The number of rotatable bonds is 10. The van der Waals surface area contributed by atoms with Gasteiger partial charge in [-0.3, -0.25) is 9.78 Å². The van der Waals surface area contributed by atoms with Gasteiger partial charge in [-0.05, 0) is 81.0 Å². The molecule has 5 rings (SSSR count). The number of hydrogen-bond acceptors (Lipinski definition) is 6. The van der Waals surface area contributed by atoms with Crippen LogP contribution in [0.25, 0.3) is 0 Å². The molecule has 1 aromatic heterocycles. The quantitative estimate of drug-likeness (QED) is 0.521. The number of amides is 1. The summed E-state index contributed by atoms with van der Waals surface area (Å²) in [5.41, 5.74) is 3.90. The number of aliphatic carboxylic acids is 1. The van der Waals surface area contributed by atoms with Gasteiger partial charge in [0.2, 0.25) is 6.10 Å². The highest BCUT2D eigenvalue weighted by molar-refractivity contribution is 5.86. The standard InChI is InChI=1S/C28H34N2O6/c31-27(26-17-35-24-7-3-4-8-25(24)36-26)30-23(28(32)33)13-14-34-21-15-18(16-21)9-11-20-12-10-19-5-1-2-6-22(19)29-20/h3-4,7-8,10,12,18,21,23,26H,1-2,5-6,9,11,13-17H2,(H,30,31)(H,32,33). The number of carbonyl (C=O) groups is 2. The van der Waals surface area contributed by atoms with E-state index in [9.17, 15) is 14.7 Å². The number of carboxylic acids is 1. The lowest BCUT2D eigenvalue weighted by atomic mass is 9.79. The number of carboxylic acid groups (broad SMARTS) is 1. The zero-order chi connectivity index (χ0) is 24.9. The summed E-state index contributed by atoms with van der Waals surface area (Å²) in [6, 6.07) is 10.5. The maximum absolute atomic E-state index is 12.6. The van der Waals surface area contributed by atoms with Crippen LogP contribution in [-0.2, 0) is 33.6 Å². The second kappa shape index (κ2) is 11.3. The molecule has 8 nitrogen and oxygen atoms in total. The molecule has 1 saturated carbocycles. The first-order valence-corrected chi connectivity index (χ1v) is 13.1. The summed E-state index contributed by atoms with van der Waals surface area (Å²) in [5.74, 6) is 0.0715. The first-order valence-electron chi connectivity index (χ1n) is 13.1. The Morgan fingerprint density at radius 1 is 1.11 bits per heavy atom. The molecule has 0 bridgehead atoms. The predicted molar refractivity (Wildman–Crippen MR) is 132 cm³/mol. The number of nitrogens with one attached hydrogen (secondary N) is 1. The number of para-hydroxylation sites is 2. The van der Waals surface area contributed by atoms with Crippen LogP contribution in [0.1, 0.15) is 55.5 Å². The van der Waals surface area contributed by atoms with Gasteiger partial charge >= 0.3 is 5.97 Å². The normalized spacial score (nSPS) is 23.2. The highest BCUT2D eigenvalue weighted by atomic mass is 16.6. The van der Waals surface area contributed by atoms with Gasteiger partial charge in [-0.1, -0.05) is 18.2 Å². The lowest BCUT2D eigenvalue weighted by molar-refractivity contribution is -0.144. The minimum absolute atomic E-state index is 0.0378. The van der Waals surface area contributed by atoms with Gasteiger partial charge in [0.1, 0.15) is 12.6 Å². The molecule has 36 heavy (non-hydrogen) atoms. The molecule has 1 fully saturated rings. The molecule has 2 N–H and O–H groups in total. The first-order chi connectivity index (χ1) is 17.5. The number of benzene rings is 1. The van der Waals surface area contributed by atoms with Crippen LogP contribution in [0.4, 0.5) is 0 Å². The van der Waals surface area contributed by atoms with Crippen molar-refractivity contribution in [2.75, 3.05) is 13.2 Å². The van der Waals surface area contributed by atoms with Crippen molar-refractivity contribution >= 4 is 11.9 Å². The Bertz CT molecular complexity index is 1080. The summed E-state index contributed by atoms with van der Waals surface area (Å²) in [4.78, 5) is 29.1. The Balaban J connectivity index is 0.998. The minimum atomic E-state index is -1.09. The van der Waals surface area contributed by atoms with Crippen LogP contribution < -0.4 is 14.8 Å². The van der Waals surface area contributed by atoms with Crippen molar-refractivity contribution in [1.82, 2.24) is 10.3 Å². The summed E-state index contributed by atoms with van der Waals surface area (Å²) in [6.07, 6.45) is 8.33. The molecule has 0 saturated heterocycles. The van der Waals surface area contributed by atoms with Crippen LogP contribution in [0, 0.1) is 5.92 Å². The summed E-state index contributed by atoms with van der Waals surface area (Å²) in [7, 11) is 0. The molecule has 0 spiro atoms. The fraction of sp³-hybridized carbons (Fsp3) is 0.536. The molecule has 3 aliphatic rings. The predicted octanol–water partition coefficient (Wildman–Crippen LogP) is 3.49. The van der Waals surface area contributed by atoms with E-state index in [0.29, 0.717) is 17.4 Å². The van der Waals surface area contributed by atoms with Crippen molar-refractivity contribution in [3.8, 4) is 11.5 Å². The van der Waals surface area contributed by atoms with Crippen LogP contribution in [0.3, 0.4) is 0 Å². The first kappa shape index (κ1) is 24.6. The van der Waals surface area contributed by atoms with Gasteiger partial charge in [0, 0.05) is 24.4 Å². The Kier molecular flexibility index (Phi) is 7.70.